The molecule has 0 amide bonds. The first-order chi connectivity index (χ1) is 19.6. The summed E-state index contributed by atoms with van der Waals surface area (Å²) in [4.78, 5) is 0. The van der Waals surface area contributed by atoms with Gasteiger partial charge < -0.3 is 4.74 Å². The lowest BCUT2D eigenvalue weighted by Gasteiger charge is -2.21. The number of benzene rings is 4. The standard InChI is InChI=1S/C17H15ClN2.C16H11ClN2O/c18-14-7-9-15(10-8-14)20-11-13-6-5-12-3-1-2-4-16(12)17(13)19-20;17-12-5-7-13(8-6-12)19-9-11-10-20-15-4-2-1-3-14(15)16(11)18-19/h1-4,7-10,13H,5-6,11H2;1-9H,10H2. The summed E-state index contributed by atoms with van der Waals surface area (Å²) in [6, 6.07) is 32.2. The van der Waals surface area contributed by atoms with Gasteiger partial charge in [-0.3, -0.25) is 5.01 Å². The molecule has 198 valence electrons. The highest BCUT2D eigenvalue weighted by Gasteiger charge is 2.32. The maximum Gasteiger partial charge on any atom is 0.129 e. The number of rotatable bonds is 2. The summed E-state index contributed by atoms with van der Waals surface area (Å²) in [6.07, 6.45) is 4.36. The number of aryl methyl sites for hydroxylation is 1. The molecule has 1 unspecified atom stereocenters. The zero-order chi connectivity index (χ0) is 27.1. The van der Waals surface area contributed by atoms with E-state index in [1.54, 1.807) is 0 Å². The van der Waals surface area contributed by atoms with Crippen molar-refractivity contribution >= 4 is 34.6 Å². The van der Waals surface area contributed by atoms with Gasteiger partial charge in [0.25, 0.3) is 0 Å². The number of para-hydroxylation sites is 1. The number of aromatic nitrogens is 2. The quantitative estimate of drug-likeness (QED) is 0.217. The van der Waals surface area contributed by atoms with Gasteiger partial charge in [0.15, 0.2) is 0 Å². The highest BCUT2D eigenvalue weighted by molar-refractivity contribution is 6.30. The number of hydrogen-bond acceptors (Lipinski definition) is 4. The van der Waals surface area contributed by atoms with Gasteiger partial charge in [-0.1, -0.05) is 59.6 Å². The summed E-state index contributed by atoms with van der Waals surface area (Å²) in [5.41, 5.74) is 9.25. The van der Waals surface area contributed by atoms with E-state index in [1.165, 1.54) is 23.3 Å². The van der Waals surface area contributed by atoms with Crippen molar-refractivity contribution in [2.75, 3.05) is 11.6 Å². The van der Waals surface area contributed by atoms with Crippen LogP contribution in [0.25, 0.3) is 16.9 Å². The molecule has 8 rings (SSSR count). The monoisotopic (exact) mass is 564 g/mol. The van der Waals surface area contributed by atoms with Crippen LogP contribution in [0.3, 0.4) is 0 Å². The lowest BCUT2D eigenvalue weighted by atomic mass is 9.83. The number of fused-ring (bicyclic) bond motifs is 6. The zero-order valence-corrected chi connectivity index (χ0v) is 23.2. The van der Waals surface area contributed by atoms with Gasteiger partial charge in [0.05, 0.1) is 23.6 Å². The molecular formula is C33H26Cl2N4O. The van der Waals surface area contributed by atoms with E-state index in [2.05, 4.69) is 34.4 Å². The fourth-order valence-electron chi connectivity index (χ4n) is 5.56. The molecule has 0 fully saturated rings. The molecule has 40 heavy (non-hydrogen) atoms. The van der Waals surface area contributed by atoms with Gasteiger partial charge in [-0.2, -0.15) is 10.2 Å². The molecule has 5 nitrogen and oxygen atoms in total. The molecule has 1 aromatic heterocycles. The first-order valence-corrected chi connectivity index (χ1v) is 14.1. The van der Waals surface area contributed by atoms with Crippen molar-refractivity contribution in [3.05, 3.63) is 130 Å². The Morgan fingerprint density at radius 2 is 1.40 bits per heavy atom. The Morgan fingerprint density at radius 1 is 0.725 bits per heavy atom. The minimum absolute atomic E-state index is 0.555. The predicted octanol–water partition coefficient (Wildman–Crippen LogP) is 8.21. The third-order valence-corrected chi connectivity index (χ3v) is 8.10. The second-order valence-electron chi connectivity index (χ2n) is 10.1. The Balaban J connectivity index is 0.000000132. The second-order valence-corrected chi connectivity index (χ2v) is 11.0. The summed E-state index contributed by atoms with van der Waals surface area (Å²) in [5, 5.41) is 13.1. The highest BCUT2D eigenvalue weighted by Crippen LogP contribution is 2.37. The zero-order valence-electron chi connectivity index (χ0n) is 21.7. The normalized spacial score (nSPS) is 16.4. The summed E-state index contributed by atoms with van der Waals surface area (Å²) >= 11 is 11.9. The molecular weight excluding hydrogens is 539 g/mol. The first-order valence-electron chi connectivity index (χ1n) is 13.4. The fourth-order valence-corrected chi connectivity index (χ4v) is 5.81. The summed E-state index contributed by atoms with van der Waals surface area (Å²) < 4.78 is 7.61. The van der Waals surface area contributed by atoms with Crippen LogP contribution in [0.5, 0.6) is 5.75 Å². The summed E-state index contributed by atoms with van der Waals surface area (Å²) in [7, 11) is 0. The van der Waals surface area contributed by atoms with E-state index in [0.29, 0.717) is 12.5 Å². The molecule has 0 saturated heterocycles. The van der Waals surface area contributed by atoms with Crippen molar-refractivity contribution in [1.82, 2.24) is 9.78 Å². The smallest absolute Gasteiger partial charge is 0.129 e. The molecule has 0 bridgehead atoms. The van der Waals surface area contributed by atoms with E-state index >= 15 is 0 Å². The largest absolute Gasteiger partial charge is 0.488 e. The molecule has 0 saturated carbocycles. The van der Waals surface area contributed by atoms with Gasteiger partial charge in [0, 0.05) is 38.9 Å². The van der Waals surface area contributed by atoms with Crippen LogP contribution in [-0.4, -0.2) is 22.0 Å². The van der Waals surface area contributed by atoms with Crippen LogP contribution >= 0.6 is 23.2 Å². The molecule has 3 heterocycles. The maximum absolute atomic E-state index is 5.95. The number of anilines is 1. The van der Waals surface area contributed by atoms with Crippen molar-refractivity contribution in [1.29, 1.82) is 0 Å². The third kappa shape index (κ3) is 4.76. The fraction of sp³-hybridized carbons (Fsp3) is 0.152. The van der Waals surface area contributed by atoms with Crippen LogP contribution in [-0.2, 0) is 13.0 Å². The van der Waals surface area contributed by atoms with Gasteiger partial charge in [-0.05, 0) is 79.1 Å². The molecule has 0 N–H and O–H groups in total. The highest BCUT2D eigenvalue weighted by atomic mass is 35.5. The Kier molecular flexibility index (Phi) is 6.54. The predicted molar refractivity (Wildman–Crippen MR) is 162 cm³/mol. The Hall–Kier alpha value is -4.06. The van der Waals surface area contributed by atoms with Gasteiger partial charge in [0.1, 0.15) is 18.1 Å². The minimum atomic E-state index is 0.555. The van der Waals surface area contributed by atoms with Crippen LogP contribution < -0.4 is 9.75 Å². The topological polar surface area (TPSA) is 42.6 Å². The van der Waals surface area contributed by atoms with E-state index in [1.807, 2.05) is 83.7 Å². The van der Waals surface area contributed by atoms with E-state index in [0.717, 1.165) is 57.0 Å². The summed E-state index contributed by atoms with van der Waals surface area (Å²) in [5.74, 6) is 1.45. The minimum Gasteiger partial charge on any atom is -0.488 e. The molecule has 5 aromatic rings. The number of ether oxygens (including phenoxy) is 1. The lowest BCUT2D eigenvalue weighted by Crippen LogP contribution is -2.24. The van der Waals surface area contributed by atoms with Crippen molar-refractivity contribution in [2.45, 2.75) is 19.4 Å². The molecule has 1 atom stereocenters. The molecule has 0 spiro atoms. The van der Waals surface area contributed by atoms with E-state index < -0.39 is 0 Å². The molecule has 0 radical (unpaired) electrons. The van der Waals surface area contributed by atoms with E-state index in [4.69, 9.17) is 33.0 Å². The molecule has 3 aliphatic rings. The number of hydrazone groups is 1. The van der Waals surface area contributed by atoms with Crippen molar-refractivity contribution in [3.8, 4) is 22.7 Å². The maximum atomic E-state index is 5.95. The number of nitrogens with zero attached hydrogens (tertiary/aromatic N) is 4. The number of hydrogen-bond donors (Lipinski definition) is 0. The third-order valence-electron chi connectivity index (χ3n) is 7.60. The lowest BCUT2D eigenvalue weighted by molar-refractivity contribution is 0.302. The van der Waals surface area contributed by atoms with Crippen molar-refractivity contribution < 1.29 is 4.74 Å². The summed E-state index contributed by atoms with van der Waals surface area (Å²) in [6.45, 7) is 1.53. The van der Waals surface area contributed by atoms with Gasteiger partial charge in [-0.15, -0.1) is 0 Å². The Morgan fingerprint density at radius 3 is 2.17 bits per heavy atom. The van der Waals surface area contributed by atoms with Crippen molar-refractivity contribution in [3.63, 3.8) is 0 Å². The molecule has 7 heteroatoms. The second kappa shape index (κ2) is 10.5. The van der Waals surface area contributed by atoms with Crippen molar-refractivity contribution in [2.24, 2.45) is 11.0 Å². The molecule has 1 aliphatic carbocycles. The van der Waals surface area contributed by atoms with Gasteiger partial charge >= 0.3 is 0 Å². The van der Waals surface area contributed by atoms with Crippen LogP contribution in [0.1, 0.15) is 23.1 Å². The Bertz CT molecular complexity index is 1710. The Labute approximate surface area is 243 Å². The molecule has 4 aromatic carbocycles. The average molecular weight is 566 g/mol. The first kappa shape index (κ1) is 24.9. The van der Waals surface area contributed by atoms with Crippen LogP contribution in [0.2, 0.25) is 10.0 Å². The average Bonchev–Trinajstić information content (AvgIpc) is 3.64. The van der Waals surface area contributed by atoms with Gasteiger partial charge in [0.2, 0.25) is 0 Å². The van der Waals surface area contributed by atoms with Crippen LogP contribution in [0.4, 0.5) is 5.69 Å². The van der Waals surface area contributed by atoms with E-state index in [-0.39, 0.29) is 0 Å². The van der Waals surface area contributed by atoms with Crippen LogP contribution in [0, 0.1) is 5.92 Å². The SMILES string of the molecule is Clc1ccc(-n2cc3c(n2)-c2ccccc2OC3)cc1.Clc1ccc(N2CC3CCc4ccccc4C3=N2)cc1. The molecule has 2 aliphatic heterocycles. The number of halogens is 2. The van der Waals surface area contributed by atoms with Crippen LogP contribution in [0.15, 0.2) is 108 Å². The van der Waals surface area contributed by atoms with Gasteiger partial charge in [-0.25, -0.2) is 4.68 Å². The van der Waals surface area contributed by atoms with E-state index in [9.17, 15) is 0 Å².